The van der Waals surface area contributed by atoms with Gasteiger partial charge in [0, 0.05) is 9.77 Å². The van der Waals surface area contributed by atoms with Gasteiger partial charge in [-0.1, -0.05) is 0 Å². The summed E-state index contributed by atoms with van der Waals surface area (Å²) in [4.78, 5) is 3.23. The van der Waals surface area contributed by atoms with E-state index in [4.69, 9.17) is 5.11 Å². The zero-order valence-electron chi connectivity index (χ0n) is 6.27. The van der Waals surface area contributed by atoms with Crippen LogP contribution in [-0.4, -0.2) is 10.1 Å². The summed E-state index contributed by atoms with van der Waals surface area (Å²) >= 11 is 1.54. The van der Waals surface area contributed by atoms with Crippen molar-refractivity contribution in [2.24, 2.45) is 0 Å². The van der Waals surface area contributed by atoms with Crippen molar-refractivity contribution in [3.05, 3.63) is 27.1 Å². The number of alkyl halides is 3. The number of aromatic nitrogens is 1. The van der Waals surface area contributed by atoms with E-state index in [1.54, 1.807) is 22.6 Å². The van der Waals surface area contributed by atoms with Crippen molar-refractivity contribution in [3.63, 3.8) is 0 Å². The Balaban J connectivity index is 3.13. The van der Waals surface area contributed by atoms with Crippen molar-refractivity contribution in [1.82, 2.24) is 4.98 Å². The van der Waals surface area contributed by atoms with E-state index in [2.05, 4.69) is 4.98 Å². The SMILES string of the molecule is OCc1cnc(C(F)(F)F)c(I)c1. The molecule has 0 aliphatic heterocycles. The monoisotopic (exact) mass is 303 g/mol. The zero-order chi connectivity index (χ0) is 10.1. The van der Waals surface area contributed by atoms with Crippen LogP contribution in [0.15, 0.2) is 12.3 Å². The maximum Gasteiger partial charge on any atom is 0.434 e. The van der Waals surface area contributed by atoms with E-state index >= 15 is 0 Å². The van der Waals surface area contributed by atoms with Gasteiger partial charge in [0.2, 0.25) is 0 Å². The standard InChI is InChI=1S/C7H5F3INO/c8-7(9,10)6-5(11)1-4(3-13)2-12-6/h1-2,13H,3H2. The van der Waals surface area contributed by atoms with E-state index in [0.29, 0.717) is 5.56 Å². The molecule has 6 heteroatoms. The largest absolute Gasteiger partial charge is 0.434 e. The van der Waals surface area contributed by atoms with Crippen LogP contribution in [0.5, 0.6) is 0 Å². The first kappa shape index (κ1) is 10.7. The molecule has 0 radical (unpaired) electrons. The van der Waals surface area contributed by atoms with Crippen LogP contribution in [0.1, 0.15) is 11.3 Å². The number of halogens is 4. The van der Waals surface area contributed by atoms with E-state index in [-0.39, 0.29) is 10.2 Å². The number of nitrogens with zero attached hydrogens (tertiary/aromatic N) is 1. The maximum absolute atomic E-state index is 12.2. The van der Waals surface area contributed by atoms with Gasteiger partial charge in [-0.05, 0) is 34.2 Å². The Kier molecular flexibility index (Phi) is 3.12. The van der Waals surface area contributed by atoms with Crippen LogP contribution >= 0.6 is 22.6 Å². The van der Waals surface area contributed by atoms with Gasteiger partial charge in [0.25, 0.3) is 0 Å². The van der Waals surface area contributed by atoms with Crippen LogP contribution in [0.25, 0.3) is 0 Å². The third kappa shape index (κ3) is 2.53. The number of aliphatic hydroxyl groups excluding tert-OH is 1. The lowest BCUT2D eigenvalue weighted by molar-refractivity contribution is -0.141. The number of hydrogen-bond acceptors (Lipinski definition) is 2. The van der Waals surface area contributed by atoms with Crippen LogP contribution < -0.4 is 0 Å². The highest BCUT2D eigenvalue weighted by Crippen LogP contribution is 2.31. The van der Waals surface area contributed by atoms with Crippen molar-refractivity contribution in [2.75, 3.05) is 0 Å². The van der Waals surface area contributed by atoms with Gasteiger partial charge < -0.3 is 5.11 Å². The van der Waals surface area contributed by atoms with Gasteiger partial charge in [-0.3, -0.25) is 4.98 Å². The summed E-state index contributed by atoms with van der Waals surface area (Å²) in [6.45, 7) is -0.304. The van der Waals surface area contributed by atoms with Crippen molar-refractivity contribution < 1.29 is 18.3 Å². The molecule has 1 aromatic rings. The molecule has 72 valence electrons. The molecule has 0 aliphatic rings. The predicted octanol–water partition coefficient (Wildman–Crippen LogP) is 2.20. The molecule has 2 nitrogen and oxygen atoms in total. The highest BCUT2D eigenvalue weighted by atomic mass is 127. The summed E-state index contributed by atoms with van der Waals surface area (Å²) in [5.41, 5.74) is -0.539. The Morgan fingerprint density at radius 1 is 1.46 bits per heavy atom. The van der Waals surface area contributed by atoms with Crippen molar-refractivity contribution >= 4 is 22.6 Å². The molecule has 0 fully saturated rings. The molecule has 0 aromatic carbocycles. The molecule has 13 heavy (non-hydrogen) atoms. The third-order valence-corrected chi connectivity index (χ3v) is 2.17. The normalized spacial score (nSPS) is 11.8. The predicted molar refractivity (Wildman–Crippen MR) is 47.9 cm³/mol. The molecule has 0 spiro atoms. The van der Waals surface area contributed by atoms with Crippen LogP contribution in [0.3, 0.4) is 0 Å². The molecule has 1 rings (SSSR count). The highest BCUT2D eigenvalue weighted by molar-refractivity contribution is 14.1. The second-order valence-corrected chi connectivity index (χ2v) is 3.49. The molecular formula is C7H5F3INO. The van der Waals surface area contributed by atoms with Gasteiger partial charge >= 0.3 is 6.18 Å². The molecule has 0 saturated carbocycles. The molecule has 0 unspecified atom stereocenters. The second kappa shape index (κ2) is 3.79. The Bertz CT molecular complexity index is 313. The van der Waals surface area contributed by atoms with Crippen LogP contribution in [-0.2, 0) is 12.8 Å². The van der Waals surface area contributed by atoms with E-state index in [0.717, 1.165) is 6.20 Å². The Morgan fingerprint density at radius 2 is 2.08 bits per heavy atom. The topological polar surface area (TPSA) is 33.1 Å². The highest BCUT2D eigenvalue weighted by Gasteiger charge is 2.34. The van der Waals surface area contributed by atoms with E-state index in [9.17, 15) is 13.2 Å². The van der Waals surface area contributed by atoms with Crippen molar-refractivity contribution in [2.45, 2.75) is 12.8 Å². The van der Waals surface area contributed by atoms with Crippen molar-refractivity contribution in [3.8, 4) is 0 Å². The second-order valence-electron chi connectivity index (χ2n) is 2.33. The number of hydrogen-bond donors (Lipinski definition) is 1. The summed E-state index contributed by atoms with van der Waals surface area (Å²) in [5, 5.41) is 8.63. The van der Waals surface area contributed by atoms with Crippen LogP contribution in [0.4, 0.5) is 13.2 Å². The lowest BCUT2D eigenvalue weighted by Crippen LogP contribution is -2.10. The minimum absolute atomic E-state index is 0.00310. The summed E-state index contributed by atoms with van der Waals surface area (Å²) in [6.07, 6.45) is -3.41. The molecule has 0 amide bonds. The molecule has 0 atom stereocenters. The molecule has 0 aliphatic carbocycles. The number of pyridine rings is 1. The van der Waals surface area contributed by atoms with Gasteiger partial charge in [-0.25, -0.2) is 0 Å². The van der Waals surface area contributed by atoms with Crippen LogP contribution in [0.2, 0.25) is 0 Å². The Hall–Kier alpha value is -0.370. The zero-order valence-corrected chi connectivity index (χ0v) is 8.43. The molecule has 0 saturated heterocycles. The molecule has 1 aromatic heterocycles. The quantitative estimate of drug-likeness (QED) is 0.807. The van der Waals surface area contributed by atoms with Gasteiger partial charge in [-0.15, -0.1) is 0 Å². The number of rotatable bonds is 1. The average Bonchev–Trinajstić information content (AvgIpc) is 2.01. The van der Waals surface area contributed by atoms with E-state index in [1.807, 2.05) is 0 Å². The first-order chi connectivity index (χ1) is 5.95. The van der Waals surface area contributed by atoms with Gasteiger partial charge in [0.05, 0.1) is 6.61 Å². The van der Waals surface area contributed by atoms with E-state index < -0.39 is 11.9 Å². The maximum atomic E-state index is 12.2. The fourth-order valence-corrected chi connectivity index (χ4v) is 1.62. The summed E-state index contributed by atoms with van der Waals surface area (Å²) in [6, 6.07) is 1.26. The summed E-state index contributed by atoms with van der Waals surface area (Å²) in [7, 11) is 0. The van der Waals surface area contributed by atoms with Gasteiger partial charge in [0.15, 0.2) is 5.69 Å². The average molecular weight is 303 g/mol. The molecule has 0 bridgehead atoms. The lowest BCUT2D eigenvalue weighted by Gasteiger charge is -2.08. The molecular weight excluding hydrogens is 298 g/mol. The minimum Gasteiger partial charge on any atom is -0.392 e. The first-order valence-corrected chi connectivity index (χ1v) is 4.35. The van der Waals surface area contributed by atoms with Gasteiger partial charge in [0.1, 0.15) is 0 Å². The summed E-state index contributed by atoms with van der Waals surface area (Å²) < 4.78 is 36.5. The van der Waals surface area contributed by atoms with E-state index in [1.165, 1.54) is 6.07 Å². The fourth-order valence-electron chi connectivity index (χ4n) is 0.773. The fraction of sp³-hybridized carbons (Fsp3) is 0.286. The molecule has 1 heterocycles. The first-order valence-electron chi connectivity index (χ1n) is 3.27. The van der Waals surface area contributed by atoms with Crippen LogP contribution in [0, 0.1) is 3.57 Å². The third-order valence-electron chi connectivity index (χ3n) is 1.35. The Labute approximate surface area is 85.9 Å². The van der Waals surface area contributed by atoms with Gasteiger partial charge in [-0.2, -0.15) is 13.2 Å². The van der Waals surface area contributed by atoms with Crippen molar-refractivity contribution in [1.29, 1.82) is 0 Å². The molecule has 1 N–H and O–H groups in total. The Morgan fingerprint density at radius 3 is 2.46 bits per heavy atom. The summed E-state index contributed by atoms with van der Waals surface area (Å²) in [5.74, 6) is 0. The smallest absolute Gasteiger partial charge is 0.392 e. The lowest BCUT2D eigenvalue weighted by atomic mass is 10.2. The minimum atomic E-state index is -4.43. The number of aliphatic hydroxyl groups is 1.